The van der Waals surface area contributed by atoms with Crippen molar-refractivity contribution in [2.75, 3.05) is 10.6 Å². The Labute approximate surface area is 248 Å². The average Bonchev–Trinajstić information content (AvgIpc) is 3.65. The Morgan fingerprint density at radius 3 is 1.70 bits per heavy atom. The zero-order valence-corrected chi connectivity index (χ0v) is 23.4. The second-order valence-electron chi connectivity index (χ2n) is 8.73. The molecule has 4 heterocycles. The molecule has 222 valence electrons. The molecule has 2 aromatic carbocycles. The molecule has 0 unspecified atom stereocenters. The number of aromatic nitrogens is 4. The third-order valence-corrected chi connectivity index (χ3v) is 7.72. The van der Waals surface area contributed by atoms with Crippen LogP contribution in [0.4, 0.5) is 38.0 Å². The molecule has 43 heavy (non-hydrogen) atoms. The monoisotopic (exact) mass is 634 g/mol. The average molecular weight is 635 g/mol. The van der Waals surface area contributed by atoms with Crippen LogP contribution in [0.25, 0.3) is 20.4 Å². The normalized spacial score (nSPS) is 11.7. The van der Waals surface area contributed by atoms with Crippen molar-refractivity contribution in [3.05, 3.63) is 101 Å². The van der Waals surface area contributed by atoms with E-state index in [-0.39, 0.29) is 24.4 Å². The number of ether oxygens (including phenoxy) is 1. The molecule has 0 radical (unpaired) electrons. The van der Waals surface area contributed by atoms with E-state index in [2.05, 4.69) is 35.3 Å². The van der Waals surface area contributed by atoms with Crippen LogP contribution in [0.15, 0.2) is 84.1 Å². The Kier molecular flexibility index (Phi) is 8.92. The molecular formula is C28H20F6N6OS2. The Balaban J connectivity index is 0.000000171. The molecule has 4 aromatic heterocycles. The summed E-state index contributed by atoms with van der Waals surface area (Å²) in [6, 6.07) is 15.2. The molecular weight excluding hydrogens is 614 g/mol. The fourth-order valence-electron chi connectivity index (χ4n) is 4.01. The van der Waals surface area contributed by atoms with E-state index in [0.717, 1.165) is 26.5 Å². The molecule has 15 heteroatoms. The van der Waals surface area contributed by atoms with Crippen molar-refractivity contribution in [3.8, 4) is 5.75 Å². The summed E-state index contributed by atoms with van der Waals surface area (Å²) in [6.07, 6.45) is -6.27. The maximum absolute atomic E-state index is 12.9. The fraction of sp³-hybridized carbons (Fsp3) is 0.143. The lowest BCUT2D eigenvalue weighted by Gasteiger charge is -2.14. The summed E-state index contributed by atoms with van der Waals surface area (Å²) in [5.74, 6) is 0.910. The fourth-order valence-corrected chi connectivity index (χ4v) is 5.63. The highest BCUT2D eigenvalue weighted by Gasteiger charge is 2.33. The van der Waals surface area contributed by atoms with E-state index >= 15 is 0 Å². The van der Waals surface area contributed by atoms with Crippen LogP contribution >= 0.6 is 22.7 Å². The molecule has 0 amide bonds. The summed E-state index contributed by atoms with van der Waals surface area (Å²) in [5.41, 5.74) is 1.52. The first-order valence-electron chi connectivity index (χ1n) is 12.4. The van der Waals surface area contributed by atoms with Gasteiger partial charge in [-0.2, -0.15) is 13.2 Å². The second kappa shape index (κ2) is 12.8. The zero-order chi connectivity index (χ0) is 30.5. The van der Waals surface area contributed by atoms with Crippen LogP contribution < -0.4 is 15.4 Å². The number of nitrogens with zero attached hydrogens (tertiary/aromatic N) is 4. The number of para-hydroxylation sites is 1. The van der Waals surface area contributed by atoms with Crippen molar-refractivity contribution in [3.63, 3.8) is 0 Å². The van der Waals surface area contributed by atoms with Gasteiger partial charge >= 0.3 is 12.5 Å². The second-order valence-corrected chi connectivity index (χ2v) is 10.6. The van der Waals surface area contributed by atoms with E-state index in [9.17, 15) is 26.3 Å². The van der Waals surface area contributed by atoms with Gasteiger partial charge in [0.2, 0.25) is 0 Å². The third kappa shape index (κ3) is 7.67. The molecule has 0 bridgehead atoms. The Morgan fingerprint density at radius 2 is 1.14 bits per heavy atom. The summed E-state index contributed by atoms with van der Waals surface area (Å²) in [6.45, 7) is 0.218. The minimum atomic E-state index is -4.72. The van der Waals surface area contributed by atoms with Gasteiger partial charge in [0.15, 0.2) is 0 Å². The summed E-state index contributed by atoms with van der Waals surface area (Å²) in [5, 5.41) is 9.74. The SMILES string of the molecule is FC(F)(F)Oc1ccccc1CNc1ncnc2ccsc12.FC(F)(F)c1ccccc1CNc1ncnc2ccsc12. The molecule has 0 aliphatic carbocycles. The smallest absolute Gasteiger partial charge is 0.405 e. The lowest BCUT2D eigenvalue weighted by molar-refractivity contribution is -0.274. The lowest BCUT2D eigenvalue weighted by Crippen LogP contribution is -2.18. The van der Waals surface area contributed by atoms with Crippen LogP contribution in [0.5, 0.6) is 5.75 Å². The molecule has 2 N–H and O–H groups in total. The first-order valence-corrected chi connectivity index (χ1v) is 14.2. The number of hydrogen-bond donors (Lipinski definition) is 2. The van der Waals surface area contributed by atoms with Crippen LogP contribution in [-0.2, 0) is 19.3 Å². The highest BCUT2D eigenvalue weighted by atomic mass is 32.1. The molecule has 0 aliphatic rings. The number of nitrogens with one attached hydrogen (secondary N) is 2. The standard InChI is InChI=1S/C14H10F3N3OS.C14H10F3N3S/c15-14(16,17)21-11-4-2-1-3-9(11)7-18-13-12-10(5-6-22-12)19-8-20-13;15-14(16,17)10-4-2-1-3-9(10)7-18-13-12-11(5-6-21-12)19-8-20-13/h1-6,8H,7H2,(H,18,19,20);1-6,8H,7H2,(H,18,19,20). The number of rotatable bonds is 7. The Hall–Kier alpha value is -4.50. The number of halogens is 6. The van der Waals surface area contributed by atoms with E-state index in [0.29, 0.717) is 17.2 Å². The highest BCUT2D eigenvalue weighted by Crippen LogP contribution is 2.33. The van der Waals surface area contributed by atoms with Gasteiger partial charge in [-0.05, 0) is 40.6 Å². The largest absolute Gasteiger partial charge is 0.573 e. The van der Waals surface area contributed by atoms with Gasteiger partial charge in [0, 0.05) is 18.7 Å². The highest BCUT2D eigenvalue weighted by molar-refractivity contribution is 7.18. The van der Waals surface area contributed by atoms with E-state index in [4.69, 9.17) is 0 Å². The lowest BCUT2D eigenvalue weighted by atomic mass is 10.1. The summed E-state index contributed by atoms with van der Waals surface area (Å²) < 4.78 is 81.7. The van der Waals surface area contributed by atoms with Crippen molar-refractivity contribution in [2.24, 2.45) is 0 Å². The molecule has 0 atom stereocenters. The number of thiophene rings is 2. The Morgan fingerprint density at radius 1 is 0.628 bits per heavy atom. The number of anilines is 2. The topological polar surface area (TPSA) is 84.9 Å². The molecule has 6 rings (SSSR count). The maximum atomic E-state index is 12.9. The number of hydrogen-bond acceptors (Lipinski definition) is 9. The minimum Gasteiger partial charge on any atom is -0.405 e. The van der Waals surface area contributed by atoms with E-state index < -0.39 is 18.1 Å². The predicted molar refractivity (Wildman–Crippen MR) is 154 cm³/mol. The van der Waals surface area contributed by atoms with Crippen LogP contribution in [0.2, 0.25) is 0 Å². The van der Waals surface area contributed by atoms with Crippen molar-refractivity contribution in [2.45, 2.75) is 25.6 Å². The molecule has 0 fully saturated rings. The minimum absolute atomic E-state index is 0.0553. The van der Waals surface area contributed by atoms with Crippen LogP contribution in [0.1, 0.15) is 16.7 Å². The van der Waals surface area contributed by atoms with Crippen molar-refractivity contribution in [1.29, 1.82) is 0 Å². The Bertz CT molecular complexity index is 1820. The zero-order valence-electron chi connectivity index (χ0n) is 21.8. The van der Waals surface area contributed by atoms with Crippen LogP contribution in [-0.4, -0.2) is 26.3 Å². The van der Waals surface area contributed by atoms with Gasteiger partial charge in [0.25, 0.3) is 0 Å². The van der Waals surface area contributed by atoms with E-state index in [1.165, 1.54) is 59.6 Å². The molecule has 0 aliphatic heterocycles. The molecule has 7 nitrogen and oxygen atoms in total. The van der Waals surface area contributed by atoms with Crippen LogP contribution in [0, 0.1) is 0 Å². The molecule has 0 saturated heterocycles. The number of alkyl halides is 6. The van der Waals surface area contributed by atoms with Crippen LogP contribution in [0.3, 0.4) is 0 Å². The molecule has 0 saturated carbocycles. The first kappa shape index (κ1) is 30.0. The van der Waals surface area contributed by atoms with Gasteiger partial charge in [-0.1, -0.05) is 36.4 Å². The van der Waals surface area contributed by atoms with Crippen molar-refractivity contribution < 1.29 is 31.1 Å². The number of benzene rings is 2. The van der Waals surface area contributed by atoms with Gasteiger partial charge in [-0.15, -0.1) is 35.8 Å². The van der Waals surface area contributed by atoms with Crippen molar-refractivity contribution >= 4 is 54.7 Å². The van der Waals surface area contributed by atoms with Gasteiger partial charge < -0.3 is 15.4 Å². The van der Waals surface area contributed by atoms with Gasteiger partial charge in [0.05, 0.1) is 26.0 Å². The maximum Gasteiger partial charge on any atom is 0.573 e. The van der Waals surface area contributed by atoms with E-state index in [1.807, 2.05) is 22.9 Å². The van der Waals surface area contributed by atoms with Gasteiger partial charge in [-0.25, -0.2) is 19.9 Å². The van der Waals surface area contributed by atoms with E-state index in [1.54, 1.807) is 18.2 Å². The first-order chi connectivity index (χ1) is 20.6. The number of fused-ring (bicyclic) bond motifs is 2. The molecule has 6 aromatic rings. The summed E-state index contributed by atoms with van der Waals surface area (Å²) in [7, 11) is 0. The van der Waals surface area contributed by atoms with Gasteiger partial charge in [-0.3, -0.25) is 0 Å². The summed E-state index contributed by atoms with van der Waals surface area (Å²) in [4.78, 5) is 16.4. The van der Waals surface area contributed by atoms with Crippen molar-refractivity contribution in [1.82, 2.24) is 19.9 Å². The molecule has 0 spiro atoms. The predicted octanol–water partition coefficient (Wildman–Crippen LogP) is 8.52. The third-order valence-electron chi connectivity index (χ3n) is 5.90. The quantitative estimate of drug-likeness (QED) is 0.170. The summed E-state index contributed by atoms with van der Waals surface area (Å²) >= 11 is 2.91. The van der Waals surface area contributed by atoms with Gasteiger partial charge in [0.1, 0.15) is 30.0 Å².